The summed E-state index contributed by atoms with van der Waals surface area (Å²) in [5, 5.41) is 10.8. The highest BCUT2D eigenvalue weighted by Gasteiger charge is 2.28. The molecule has 1 aliphatic rings. The number of rotatable bonds is 8. The van der Waals surface area contributed by atoms with Crippen molar-refractivity contribution in [1.82, 2.24) is 15.5 Å². The lowest BCUT2D eigenvalue weighted by molar-refractivity contribution is -0.124. The number of hydrogen-bond acceptors (Lipinski definition) is 4. The van der Waals surface area contributed by atoms with Crippen LogP contribution in [0.1, 0.15) is 44.5 Å². The van der Waals surface area contributed by atoms with Gasteiger partial charge in [-0.05, 0) is 61.3 Å². The van der Waals surface area contributed by atoms with Crippen LogP contribution in [0.2, 0.25) is 0 Å². The molecular formula is C24H34N4O2S. The Morgan fingerprint density at radius 2 is 1.81 bits per heavy atom. The van der Waals surface area contributed by atoms with Gasteiger partial charge in [0, 0.05) is 17.1 Å². The number of likely N-dealkylation sites (tertiary alicyclic amines) is 1. The number of anilines is 1. The summed E-state index contributed by atoms with van der Waals surface area (Å²) in [6, 6.07) is 12.6. The number of para-hydroxylation sites is 1. The smallest absolute Gasteiger partial charge is 0.319 e. The van der Waals surface area contributed by atoms with Crippen molar-refractivity contribution in [2.75, 3.05) is 25.0 Å². The fraction of sp³-hybridized carbons (Fsp3) is 0.500. The lowest BCUT2D eigenvalue weighted by Gasteiger charge is -2.36. The van der Waals surface area contributed by atoms with Gasteiger partial charge in [0.1, 0.15) is 6.04 Å². The Hall–Kier alpha value is -2.38. The van der Waals surface area contributed by atoms with E-state index in [4.69, 9.17) is 0 Å². The molecule has 0 unspecified atom stereocenters. The van der Waals surface area contributed by atoms with Crippen molar-refractivity contribution in [2.24, 2.45) is 11.8 Å². The van der Waals surface area contributed by atoms with Gasteiger partial charge in [-0.15, -0.1) is 11.3 Å². The van der Waals surface area contributed by atoms with Gasteiger partial charge < -0.3 is 16.0 Å². The van der Waals surface area contributed by atoms with E-state index in [0.29, 0.717) is 12.2 Å². The van der Waals surface area contributed by atoms with Crippen LogP contribution < -0.4 is 16.0 Å². The van der Waals surface area contributed by atoms with Crippen LogP contribution in [0.3, 0.4) is 0 Å². The lowest BCUT2D eigenvalue weighted by Crippen LogP contribution is -2.52. The van der Waals surface area contributed by atoms with Crippen LogP contribution in [0.25, 0.3) is 0 Å². The SMILES string of the molecule is CC1CCN([C@@H](CNC(=O)[C@H](NC(=O)Nc2ccccc2)C(C)C)c2cccs2)CC1. The van der Waals surface area contributed by atoms with E-state index in [1.165, 1.54) is 17.7 Å². The number of carbonyl (C=O) groups excluding carboxylic acids is 2. The van der Waals surface area contributed by atoms with E-state index in [1.54, 1.807) is 11.3 Å². The van der Waals surface area contributed by atoms with Gasteiger partial charge in [0.05, 0.1) is 6.04 Å². The quantitative estimate of drug-likeness (QED) is 0.564. The molecule has 7 heteroatoms. The molecule has 3 rings (SSSR count). The monoisotopic (exact) mass is 442 g/mol. The predicted octanol–water partition coefficient (Wildman–Crippen LogP) is 4.48. The Morgan fingerprint density at radius 1 is 1.10 bits per heavy atom. The second-order valence-electron chi connectivity index (χ2n) is 8.68. The summed E-state index contributed by atoms with van der Waals surface area (Å²) in [6.07, 6.45) is 2.37. The molecule has 0 radical (unpaired) electrons. The molecule has 2 aromatic rings. The Labute approximate surface area is 189 Å². The van der Waals surface area contributed by atoms with Crippen LogP contribution in [-0.4, -0.2) is 42.5 Å². The zero-order valence-corrected chi connectivity index (χ0v) is 19.5. The van der Waals surface area contributed by atoms with Gasteiger partial charge >= 0.3 is 6.03 Å². The highest BCUT2D eigenvalue weighted by atomic mass is 32.1. The van der Waals surface area contributed by atoms with Gasteiger partial charge in [0.25, 0.3) is 0 Å². The normalized spacial score (nSPS) is 17.2. The lowest BCUT2D eigenvalue weighted by atomic mass is 9.97. The molecule has 2 atom stereocenters. The van der Waals surface area contributed by atoms with Crippen LogP contribution >= 0.6 is 11.3 Å². The molecule has 0 bridgehead atoms. The first-order valence-corrected chi connectivity index (χ1v) is 12.0. The molecule has 3 N–H and O–H groups in total. The summed E-state index contributed by atoms with van der Waals surface area (Å²) in [4.78, 5) is 29.2. The maximum atomic E-state index is 13.0. The number of nitrogens with zero attached hydrogens (tertiary/aromatic N) is 1. The Balaban J connectivity index is 1.60. The molecule has 1 saturated heterocycles. The molecule has 1 aromatic heterocycles. The molecule has 6 nitrogen and oxygen atoms in total. The maximum Gasteiger partial charge on any atom is 0.319 e. The number of carbonyl (C=O) groups is 2. The topological polar surface area (TPSA) is 73.5 Å². The molecule has 31 heavy (non-hydrogen) atoms. The summed E-state index contributed by atoms with van der Waals surface area (Å²) in [6.45, 7) is 8.82. The standard InChI is InChI=1S/C24H34N4O2S/c1-17(2)22(27-24(30)26-19-8-5-4-6-9-19)23(29)25-16-20(21-10-7-15-31-21)28-13-11-18(3)12-14-28/h4-10,15,17-18,20,22H,11-14,16H2,1-3H3,(H,25,29)(H2,26,27,30)/t20-,22+/m0/s1. The van der Waals surface area contributed by atoms with E-state index in [-0.39, 0.29) is 23.9 Å². The van der Waals surface area contributed by atoms with E-state index in [2.05, 4.69) is 45.3 Å². The van der Waals surface area contributed by atoms with Crippen molar-refractivity contribution in [1.29, 1.82) is 0 Å². The van der Waals surface area contributed by atoms with Crippen molar-refractivity contribution in [3.63, 3.8) is 0 Å². The number of benzene rings is 1. The molecule has 3 amide bonds. The van der Waals surface area contributed by atoms with E-state index in [1.807, 2.05) is 44.2 Å². The summed E-state index contributed by atoms with van der Waals surface area (Å²) < 4.78 is 0. The van der Waals surface area contributed by atoms with Gasteiger partial charge in [-0.25, -0.2) is 4.79 Å². The summed E-state index contributed by atoms with van der Waals surface area (Å²) in [7, 11) is 0. The largest absolute Gasteiger partial charge is 0.352 e. The fourth-order valence-electron chi connectivity index (χ4n) is 3.90. The van der Waals surface area contributed by atoms with E-state index in [9.17, 15) is 9.59 Å². The number of amides is 3. The van der Waals surface area contributed by atoms with Crippen molar-refractivity contribution in [2.45, 2.75) is 45.7 Å². The average Bonchev–Trinajstić information content (AvgIpc) is 3.28. The molecule has 0 saturated carbocycles. The van der Waals surface area contributed by atoms with Crippen molar-refractivity contribution >= 4 is 29.0 Å². The van der Waals surface area contributed by atoms with Crippen molar-refractivity contribution in [3.8, 4) is 0 Å². The molecule has 2 heterocycles. The second-order valence-corrected chi connectivity index (χ2v) is 9.66. The highest BCUT2D eigenvalue weighted by molar-refractivity contribution is 7.10. The van der Waals surface area contributed by atoms with Gasteiger partial charge in [-0.2, -0.15) is 0 Å². The molecule has 1 aromatic carbocycles. The zero-order chi connectivity index (χ0) is 22.2. The number of nitrogens with one attached hydrogen (secondary N) is 3. The first-order valence-electron chi connectivity index (χ1n) is 11.1. The van der Waals surface area contributed by atoms with Crippen LogP contribution in [-0.2, 0) is 4.79 Å². The number of piperidine rings is 1. The summed E-state index contributed by atoms with van der Waals surface area (Å²) >= 11 is 1.73. The maximum absolute atomic E-state index is 13.0. The molecule has 1 fully saturated rings. The van der Waals surface area contributed by atoms with Crippen LogP contribution in [0, 0.1) is 11.8 Å². The van der Waals surface area contributed by atoms with Gasteiger partial charge in [0.15, 0.2) is 0 Å². The van der Waals surface area contributed by atoms with Crippen LogP contribution in [0.15, 0.2) is 47.8 Å². The third kappa shape index (κ3) is 6.80. The number of hydrogen-bond donors (Lipinski definition) is 3. The van der Waals surface area contributed by atoms with Gasteiger partial charge in [-0.3, -0.25) is 9.69 Å². The highest BCUT2D eigenvalue weighted by Crippen LogP contribution is 2.29. The zero-order valence-electron chi connectivity index (χ0n) is 18.6. The predicted molar refractivity (Wildman–Crippen MR) is 127 cm³/mol. The average molecular weight is 443 g/mol. The van der Waals surface area contributed by atoms with Gasteiger partial charge in [0.2, 0.25) is 5.91 Å². The summed E-state index contributed by atoms with van der Waals surface area (Å²) in [5.74, 6) is 0.579. The first kappa shape index (κ1) is 23.3. The minimum Gasteiger partial charge on any atom is -0.352 e. The third-order valence-electron chi connectivity index (χ3n) is 5.87. The van der Waals surface area contributed by atoms with Crippen molar-refractivity contribution < 1.29 is 9.59 Å². The van der Waals surface area contributed by atoms with Crippen LogP contribution in [0.4, 0.5) is 10.5 Å². The number of thiophene rings is 1. The Morgan fingerprint density at radius 3 is 2.42 bits per heavy atom. The Bertz CT molecular complexity index is 817. The van der Waals surface area contributed by atoms with E-state index < -0.39 is 6.04 Å². The minimum atomic E-state index is -0.603. The Kier molecular flexibility index (Phi) is 8.49. The first-order chi connectivity index (χ1) is 14.9. The molecular weight excluding hydrogens is 408 g/mol. The van der Waals surface area contributed by atoms with Crippen LogP contribution in [0.5, 0.6) is 0 Å². The van der Waals surface area contributed by atoms with E-state index >= 15 is 0 Å². The van der Waals surface area contributed by atoms with E-state index in [0.717, 1.165) is 19.0 Å². The molecule has 0 aliphatic carbocycles. The van der Waals surface area contributed by atoms with Crippen molar-refractivity contribution in [3.05, 3.63) is 52.7 Å². The molecule has 168 valence electrons. The molecule has 0 spiro atoms. The summed E-state index contributed by atoms with van der Waals surface area (Å²) in [5.41, 5.74) is 0.694. The van der Waals surface area contributed by atoms with Gasteiger partial charge in [-0.1, -0.05) is 45.0 Å². The third-order valence-corrected chi connectivity index (χ3v) is 6.84. The number of urea groups is 1. The minimum absolute atomic E-state index is 0.0300. The molecule has 1 aliphatic heterocycles. The fourth-order valence-corrected chi connectivity index (χ4v) is 4.76. The second kappa shape index (κ2) is 11.3.